The molecule has 34 heavy (non-hydrogen) atoms. The van der Waals surface area contributed by atoms with Gasteiger partial charge in [0.1, 0.15) is 5.75 Å². The molecule has 0 saturated carbocycles. The van der Waals surface area contributed by atoms with E-state index in [0.29, 0.717) is 18.3 Å². The summed E-state index contributed by atoms with van der Waals surface area (Å²) in [6, 6.07) is 17.1. The minimum Gasteiger partial charge on any atom is -0.453 e. The molecule has 1 aromatic heterocycles. The van der Waals surface area contributed by atoms with Gasteiger partial charge in [-0.3, -0.25) is 9.98 Å². The average Bonchev–Trinajstić information content (AvgIpc) is 3.39. The maximum Gasteiger partial charge on any atom is 0.191 e. The molecule has 2 heterocycles. The monoisotopic (exact) mass is 575 g/mol. The molecule has 180 valence electrons. The molecule has 4 rings (SSSR count). The van der Waals surface area contributed by atoms with Gasteiger partial charge in [0.15, 0.2) is 17.5 Å². The number of benzene rings is 2. The third-order valence-corrected chi connectivity index (χ3v) is 5.74. The molecule has 1 unspecified atom stereocenters. The molecular formula is C26H31FIN5O. The van der Waals surface area contributed by atoms with Crippen molar-refractivity contribution in [3.8, 4) is 11.5 Å². The van der Waals surface area contributed by atoms with Crippen LogP contribution in [0.25, 0.3) is 0 Å². The van der Waals surface area contributed by atoms with Crippen LogP contribution in [-0.4, -0.2) is 31.1 Å². The van der Waals surface area contributed by atoms with Crippen LogP contribution in [0.3, 0.4) is 0 Å². The first-order valence-corrected chi connectivity index (χ1v) is 11.3. The van der Waals surface area contributed by atoms with Crippen molar-refractivity contribution in [2.24, 2.45) is 4.99 Å². The molecule has 0 amide bonds. The molecule has 1 aliphatic heterocycles. The Labute approximate surface area is 217 Å². The molecule has 2 aromatic carbocycles. The highest BCUT2D eigenvalue weighted by Crippen LogP contribution is 2.25. The molecule has 0 radical (unpaired) electrons. The van der Waals surface area contributed by atoms with Gasteiger partial charge in [0.2, 0.25) is 0 Å². The number of nitrogens with zero attached hydrogens (tertiary/aromatic N) is 3. The molecule has 0 spiro atoms. The van der Waals surface area contributed by atoms with Crippen LogP contribution in [0.4, 0.5) is 10.1 Å². The Morgan fingerprint density at radius 3 is 2.68 bits per heavy atom. The smallest absolute Gasteiger partial charge is 0.191 e. The number of halogens is 2. The Balaban J connectivity index is 0.00000324. The fourth-order valence-electron chi connectivity index (χ4n) is 3.91. The van der Waals surface area contributed by atoms with E-state index in [4.69, 9.17) is 4.74 Å². The van der Waals surface area contributed by atoms with Crippen LogP contribution in [0.2, 0.25) is 0 Å². The van der Waals surface area contributed by atoms with Crippen LogP contribution in [0, 0.1) is 5.82 Å². The SMILES string of the molecule is CN=C(NCc1ccc(Oc2cccnc2)c(F)c1)NC(C)c1cccc(N2CCCC2)c1.I. The summed E-state index contributed by atoms with van der Waals surface area (Å²) in [6.07, 6.45) is 5.70. The predicted molar refractivity (Wildman–Crippen MR) is 146 cm³/mol. The van der Waals surface area contributed by atoms with E-state index < -0.39 is 5.82 Å². The van der Waals surface area contributed by atoms with Gasteiger partial charge in [-0.05, 0) is 67.3 Å². The van der Waals surface area contributed by atoms with Crippen molar-refractivity contribution >= 4 is 35.6 Å². The van der Waals surface area contributed by atoms with E-state index in [-0.39, 0.29) is 35.8 Å². The Hall–Kier alpha value is -2.88. The Morgan fingerprint density at radius 2 is 1.97 bits per heavy atom. The number of nitrogens with one attached hydrogen (secondary N) is 2. The van der Waals surface area contributed by atoms with Gasteiger partial charge in [0.05, 0.1) is 12.2 Å². The quantitative estimate of drug-likeness (QED) is 0.217. The lowest BCUT2D eigenvalue weighted by Crippen LogP contribution is -2.38. The van der Waals surface area contributed by atoms with Gasteiger partial charge in [-0.2, -0.15) is 0 Å². The minimum absolute atomic E-state index is 0. The summed E-state index contributed by atoms with van der Waals surface area (Å²) in [4.78, 5) is 10.7. The number of hydrogen-bond acceptors (Lipinski definition) is 4. The second-order valence-corrected chi connectivity index (χ2v) is 8.14. The Kier molecular flexibility index (Phi) is 9.50. The van der Waals surface area contributed by atoms with E-state index in [2.05, 4.69) is 56.7 Å². The average molecular weight is 575 g/mol. The highest BCUT2D eigenvalue weighted by atomic mass is 127. The summed E-state index contributed by atoms with van der Waals surface area (Å²) in [5.74, 6) is 0.897. The molecule has 3 aromatic rings. The van der Waals surface area contributed by atoms with E-state index in [1.807, 2.05) is 6.07 Å². The highest BCUT2D eigenvalue weighted by Gasteiger charge is 2.15. The van der Waals surface area contributed by atoms with Crippen molar-refractivity contribution in [3.63, 3.8) is 0 Å². The summed E-state index contributed by atoms with van der Waals surface area (Å²) in [7, 11) is 1.73. The van der Waals surface area contributed by atoms with E-state index in [1.54, 1.807) is 37.6 Å². The number of rotatable bonds is 7. The van der Waals surface area contributed by atoms with Gasteiger partial charge in [-0.15, -0.1) is 24.0 Å². The fraction of sp³-hybridized carbons (Fsp3) is 0.308. The van der Waals surface area contributed by atoms with Gasteiger partial charge >= 0.3 is 0 Å². The van der Waals surface area contributed by atoms with E-state index in [1.165, 1.54) is 30.2 Å². The van der Waals surface area contributed by atoms with E-state index in [0.717, 1.165) is 18.7 Å². The maximum absolute atomic E-state index is 14.5. The number of anilines is 1. The lowest BCUT2D eigenvalue weighted by atomic mass is 10.1. The van der Waals surface area contributed by atoms with Gasteiger partial charge in [0, 0.05) is 38.6 Å². The van der Waals surface area contributed by atoms with Gasteiger partial charge in [-0.1, -0.05) is 18.2 Å². The van der Waals surface area contributed by atoms with Crippen LogP contribution >= 0.6 is 24.0 Å². The number of aromatic nitrogens is 1. The van der Waals surface area contributed by atoms with Crippen LogP contribution in [-0.2, 0) is 6.54 Å². The highest BCUT2D eigenvalue weighted by molar-refractivity contribution is 14.0. The van der Waals surface area contributed by atoms with Crippen LogP contribution in [0.1, 0.15) is 36.9 Å². The molecule has 1 atom stereocenters. The van der Waals surface area contributed by atoms with Gasteiger partial charge in [-0.25, -0.2) is 4.39 Å². The lowest BCUT2D eigenvalue weighted by molar-refractivity contribution is 0.440. The molecule has 2 N–H and O–H groups in total. The van der Waals surface area contributed by atoms with Gasteiger partial charge < -0.3 is 20.3 Å². The first kappa shape index (κ1) is 25.7. The first-order chi connectivity index (χ1) is 16.1. The molecular weight excluding hydrogens is 544 g/mol. The van der Waals surface area contributed by atoms with Crippen molar-refractivity contribution in [3.05, 3.63) is 83.9 Å². The number of aliphatic imine (C=N–C) groups is 1. The molecule has 0 aliphatic carbocycles. The fourth-order valence-corrected chi connectivity index (χ4v) is 3.91. The first-order valence-electron chi connectivity index (χ1n) is 11.3. The lowest BCUT2D eigenvalue weighted by Gasteiger charge is -2.22. The minimum atomic E-state index is -0.423. The van der Waals surface area contributed by atoms with Crippen molar-refractivity contribution in [1.29, 1.82) is 0 Å². The van der Waals surface area contributed by atoms with Crippen LogP contribution in [0.15, 0.2) is 72.0 Å². The van der Waals surface area contributed by atoms with Crippen molar-refractivity contribution < 1.29 is 9.13 Å². The normalized spacial score (nSPS) is 14.3. The molecule has 0 bridgehead atoms. The van der Waals surface area contributed by atoms with Crippen LogP contribution < -0.4 is 20.3 Å². The predicted octanol–water partition coefficient (Wildman–Crippen LogP) is 5.66. The Bertz CT molecular complexity index is 1090. The number of guanidine groups is 1. The zero-order chi connectivity index (χ0) is 23.0. The zero-order valence-electron chi connectivity index (χ0n) is 19.5. The standard InChI is InChI=1S/C26H30FN5O.HI/c1-19(21-7-5-8-22(16-21)32-13-3-4-14-32)31-26(28-2)30-17-20-10-11-25(24(27)15-20)33-23-9-6-12-29-18-23;/h5-12,15-16,18-19H,3-4,13-14,17H2,1-2H3,(H2,28,30,31);1H. The third kappa shape index (κ3) is 6.82. The summed E-state index contributed by atoms with van der Waals surface area (Å²) in [6.45, 7) is 4.79. The topological polar surface area (TPSA) is 61.8 Å². The Morgan fingerprint density at radius 1 is 1.15 bits per heavy atom. The summed E-state index contributed by atoms with van der Waals surface area (Å²) >= 11 is 0. The van der Waals surface area contributed by atoms with Gasteiger partial charge in [0.25, 0.3) is 0 Å². The summed E-state index contributed by atoms with van der Waals surface area (Å²) < 4.78 is 20.1. The van der Waals surface area contributed by atoms with Crippen molar-refractivity contribution in [2.45, 2.75) is 32.4 Å². The summed E-state index contributed by atoms with van der Waals surface area (Å²) in [5, 5.41) is 6.69. The van der Waals surface area contributed by atoms with Crippen LogP contribution in [0.5, 0.6) is 11.5 Å². The molecule has 1 fully saturated rings. The second-order valence-electron chi connectivity index (χ2n) is 8.14. The zero-order valence-corrected chi connectivity index (χ0v) is 21.8. The molecule has 6 nitrogen and oxygen atoms in total. The number of hydrogen-bond donors (Lipinski definition) is 2. The van der Waals surface area contributed by atoms with E-state index in [9.17, 15) is 4.39 Å². The number of ether oxygens (including phenoxy) is 1. The molecule has 8 heteroatoms. The molecule has 1 aliphatic rings. The summed E-state index contributed by atoms with van der Waals surface area (Å²) in [5.41, 5.74) is 3.26. The van der Waals surface area contributed by atoms with Crippen molar-refractivity contribution in [2.75, 3.05) is 25.0 Å². The number of pyridine rings is 1. The third-order valence-electron chi connectivity index (χ3n) is 5.74. The molecule has 1 saturated heterocycles. The largest absolute Gasteiger partial charge is 0.453 e. The van der Waals surface area contributed by atoms with Crippen molar-refractivity contribution in [1.82, 2.24) is 15.6 Å². The maximum atomic E-state index is 14.5. The van der Waals surface area contributed by atoms with E-state index >= 15 is 0 Å². The second kappa shape index (κ2) is 12.5.